The lowest BCUT2D eigenvalue weighted by Gasteiger charge is -2.30. The fraction of sp³-hybridized carbons (Fsp3) is 0.800. The summed E-state index contributed by atoms with van der Waals surface area (Å²) < 4.78 is 0. The number of piperidine rings is 1. The van der Waals surface area contributed by atoms with Crippen LogP contribution in [0.4, 0.5) is 0 Å². The van der Waals surface area contributed by atoms with Crippen molar-refractivity contribution in [3.8, 4) is 0 Å². The number of hydrogen-bond donors (Lipinski definition) is 2. The summed E-state index contributed by atoms with van der Waals surface area (Å²) in [7, 11) is 0. The second-order valence-electron chi connectivity index (χ2n) is 4.30. The molecule has 2 heterocycles. The minimum atomic E-state index is -0.247. The molecule has 2 saturated heterocycles. The summed E-state index contributed by atoms with van der Waals surface area (Å²) in [5, 5.41) is 2.80. The number of nitrogens with one attached hydrogen (secondary N) is 1. The topological polar surface area (TPSA) is 75.4 Å². The van der Waals surface area contributed by atoms with E-state index < -0.39 is 0 Å². The summed E-state index contributed by atoms with van der Waals surface area (Å²) >= 11 is 0. The van der Waals surface area contributed by atoms with Gasteiger partial charge >= 0.3 is 0 Å². The van der Waals surface area contributed by atoms with Crippen LogP contribution in [0.2, 0.25) is 0 Å². The van der Waals surface area contributed by atoms with Crippen LogP contribution in [0.25, 0.3) is 0 Å². The molecule has 2 aliphatic heterocycles. The molecule has 3 N–H and O–H groups in total. The van der Waals surface area contributed by atoms with Crippen LogP contribution in [-0.4, -0.2) is 42.4 Å². The molecular weight excluding hydrogens is 194 g/mol. The molecule has 84 valence electrons. The van der Waals surface area contributed by atoms with Gasteiger partial charge < -0.3 is 16.0 Å². The monoisotopic (exact) mass is 211 g/mol. The molecule has 2 amide bonds. The third-order valence-corrected chi connectivity index (χ3v) is 3.20. The number of likely N-dealkylation sites (tertiary alicyclic amines) is 1. The molecule has 0 aromatic carbocycles. The van der Waals surface area contributed by atoms with Crippen LogP contribution >= 0.6 is 0 Å². The maximum Gasteiger partial charge on any atom is 0.242 e. The zero-order valence-electron chi connectivity index (χ0n) is 8.74. The van der Waals surface area contributed by atoms with Crippen LogP contribution in [-0.2, 0) is 9.59 Å². The van der Waals surface area contributed by atoms with E-state index in [9.17, 15) is 9.59 Å². The van der Waals surface area contributed by atoms with Gasteiger partial charge in [0, 0.05) is 19.5 Å². The molecule has 0 radical (unpaired) electrons. The van der Waals surface area contributed by atoms with Crippen molar-refractivity contribution >= 4 is 11.8 Å². The standard InChI is InChI=1S/C10H17N3O2/c11-5-7-4-9(14)13(6-7)8-2-1-3-12-10(8)15/h7-8H,1-6,11H2,(H,12,15). The van der Waals surface area contributed by atoms with E-state index in [2.05, 4.69) is 5.32 Å². The Morgan fingerprint density at radius 2 is 2.27 bits per heavy atom. The first kappa shape index (κ1) is 10.4. The van der Waals surface area contributed by atoms with Crippen LogP contribution in [0.1, 0.15) is 19.3 Å². The molecule has 5 nitrogen and oxygen atoms in total. The van der Waals surface area contributed by atoms with Crippen LogP contribution in [0.3, 0.4) is 0 Å². The highest BCUT2D eigenvalue weighted by atomic mass is 16.2. The second kappa shape index (κ2) is 4.18. The summed E-state index contributed by atoms with van der Waals surface area (Å²) in [6.45, 7) is 1.90. The molecule has 0 saturated carbocycles. The van der Waals surface area contributed by atoms with E-state index in [0.717, 1.165) is 19.4 Å². The number of hydrogen-bond acceptors (Lipinski definition) is 3. The van der Waals surface area contributed by atoms with Gasteiger partial charge in [-0.15, -0.1) is 0 Å². The van der Waals surface area contributed by atoms with E-state index in [1.165, 1.54) is 0 Å². The Morgan fingerprint density at radius 1 is 1.47 bits per heavy atom. The Kier molecular flexibility index (Phi) is 2.90. The van der Waals surface area contributed by atoms with Gasteiger partial charge in [-0.2, -0.15) is 0 Å². The first-order valence-electron chi connectivity index (χ1n) is 5.49. The van der Waals surface area contributed by atoms with E-state index in [1.807, 2.05) is 0 Å². The zero-order chi connectivity index (χ0) is 10.8. The number of amides is 2. The molecule has 2 aliphatic rings. The Morgan fingerprint density at radius 3 is 2.87 bits per heavy atom. The molecule has 15 heavy (non-hydrogen) atoms. The van der Waals surface area contributed by atoms with Crippen molar-refractivity contribution in [2.45, 2.75) is 25.3 Å². The van der Waals surface area contributed by atoms with Crippen molar-refractivity contribution in [1.29, 1.82) is 0 Å². The predicted molar refractivity (Wildman–Crippen MR) is 54.9 cm³/mol. The molecule has 0 bridgehead atoms. The fourth-order valence-electron chi connectivity index (χ4n) is 2.32. The van der Waals surface area contributed by atoms with Crippen molar-refractivity contribution in [3.63, 3.8) is 0 Å². The predicted octanol–water partition coefficient (Wildman–Crippen LogP) is -0.928. The van der Waals surface area contributed by atoms with Gasteiger partial charge in [-0.1, -0.05) is 0 Å². The highest BCUT2D eigenvalue weighted by Crippen LogP contribution is 2.22. The summed E-state index contributed by atoms with van der Waals surface area (Å²) in [5.41, 5.74) is 5.54. The van der Waals surface area contributed by atoms with Crippen LogP contribution < -0.4 is 11.1 Å². The van der Waals surface area contributed by atoms with E-state index in [0.29, 0.717) is 19.5 Å². The molecule has 0 spiro atoms. The van der Waals surface area contributed by atoms with Crippen LogP contribution in [0.5, 0.6) is 0 Å². The lowest BCUT2D eigenvalue weighted by molar-refractivity contribution is -0.138. The average molecular weight is 211 g/mol. The normalized spacial score (nSPS) is 31.9. The highest BCUT2D eigenvalue weighted by molar-refractivity contribution is 5.89. The van der Waals surface area contributed by atoms with Gasteiger partial charge in [-0.3, -0.25) is 9.59 Å². The summed E-state index contributed by atoms with van der Waals surface area (Å²) in [6, 6.07) is -0.247. The van der Waals surface area contributed by atoms with Crippen molar-refractivity contribution in [1.82, 2.24) is 10.2 Å². The molecule has 2 fully saturated rings. The number of nitrogens with two attached hydrogens (primary N) is 1. The number of carbonyl (C=O) groups is 2. The summed E-state index contributed by atoms with van der Waals surface area (Å²) in [6.07, 6.45) is 2.24. The van der Waals surface area contributed by atoms with Crippen molar-refractivity contribution in [3.05, 3.63) is 0 Å². The zero-order valence-corrected chi connectivity index (χ0v) is 8.74. The molecule has 5 heteroatoms. The van der Waals surface area contributed by atoms with Crippen molar-refractivity contribution in [2.24, 2.45) is 11.7 Å². The van der Waals surface area contributed by atoms with Gasteiger partial charge in [-0.25, -0.2) is 0 Å². The lowest BCUT2D eigenvalue weighted by Crippen LogP contribution is -2.51. The molecule has 2 rings (SSSR count). The van der Waals surface area contributed by atoms with E-state index in [4.69, 9.17) is 5.73 Å². The SMILES string of the molecule is NCC1CC(=O)N(C2CCCNC2=O)C1. The van der Waals surface area contributed by atoms with Gasteiger partial charge in [0.1, 0.15) is 6.04 Å². The van der Waals surface area contributed by atoms with E-state index in [1.54, 1.807) is 4.90 Å². The summed E-state index contributed by atoms with van der Waals surface area (Å²) in [5.74, 6) is 0.298. The van der Waals surface area contributed by atoms with Crippen molar-refractivity contribution in [2.75, 3.05) is 19.6 Å². The maximum atomic E-state index is 11.7. The fourth-order valence-corrected chi connectivity index (χ4v) is 2.32. The Balaban J connectivity index is 2.03. The summed E-state index contributed by atoms with van der Waals surface area (Å²) in [4.78, 5) is 25.0. The molecular formula is C10H17N3O2. The minimum absolute atomic E-state index is 0.00716. The van der Waals surface area contributed by atoms with Crippen LogP contribution in [0.15, 0.2) is 0 Å². The average Bonchev–Trinajstić information content (AvgIpc) is 2.60. The highest BCUT2D eigenvalue weighted by Gasteiger charge is 2.37. The quantitative estimate of drug-likeness (QED) is 0.620. The van der Waals surface area contributed by atoms with Crippen LogP contribution in [0, 0.1) is 5.92 Å². The van der Waals surface area contributed by atoms with Gasteiger partial charge in [0.05, 0.1) is 0 Å². The lowest BCUT2D eigenvalue weighted by atomic mass is 10.1. The Labute approximate surface area is 89.0 Å². The largest absolute Gasteiger partial charge is 0.354 e. The van der Waals surface area contributed by atoms with Gasteiger partial charge in [0.2, 0.25) is 11.8 Å². The van der Waals surface area contributed by atoms with Crippen molar-refractivity contribution < 1.29 is 9.59 Å². The first-order valence-corrected chi connectivity index (χ1v) is 5.49. The molecule has 0 aliphatic carbocycles. The minimum Gasteiger partial charge on any atom is -0.354 e. The second-order valence-corrected chi connectivity index (χ2v) is 4.30. The number of rotatable bonds is 2. The molecule has 2 atom stereocenters. The maximum absolute atomic E-state index is 11.7. The molecule has 0 aromatic rings. The number of nitrogens with zero attached hydrogens (tertiary/aromatic N) is 1. The molecule has 2 unspecified atom stereocenters. The van der Waals surface area contributed by atoms with Gasteiger partial charge in [0.15, 0.2) is 0 Å². The van der Waals surface area contributed by atoms with E-state index >= 15 is 0 Å². The van der Waals surface area contributed by atoms with Gasteiger partial charge in [-0.05, 0) is 25.3 Å². The smallest absolute Gasteiger partial charge is 0.242 e. The third-order valence-electron chi connectivity index (χ3n) is 3.20. The van der Waals surface area contributed by atoms with Gasteiger partial charge in [0.25, 0.3) is 0 Å². The Bertz CT molecular complexity index is 280. The first-order chi connectivity index (χ1) is 7.22. The third kappa shape index (κ3) is 1.97. The molecule has 0 aromatic heterocycles. The van der Waals surface area contributed by atoms with E-state index in [-0.39, 0.29) is 23.8 Å². The number of carbonyl (C=O) groups excluding carboxylic acids is 2. The Hall–Kier alpha value is -1.10.